The minimum atomic E-state index is -0.951. The number of nitrogens with zero attached hydrogens (tertiary/aromatic N) is 1. The third-order valence-corrected chi connectivity index (χ3v) is 4.66. The number of rotatable bonds is 7. The maximum absolute atomic E-state index is 12.0. The molecule has 0 saturated carbocycles. The van der Waals surface area contributed by atoms with E-state index in [0.29, 0.717) is 11.7 Å². The number of hydrogen-bond donors (Lipinski definition) is 3. The van der Waals surface area contributed by atoms with Crippen LogP contribution >= 0.6 is 0 Å². The molecular formula is C23H29N3O3. The lowest BCUT2D eigenvalue weighted by molar-refractivity contribution is -0.124. The SMILES string of the molecule is Cc1cc(-c2[nH]c3ccc(OCC(=O)NCC(C)(C)O)cc3c2C(C)C)ccn1. The molecule has 0 saturated heterocycles. The quantitative estimate of drug-likeness (QED) is 0.566. The number of hydrogen-bond acceptors (Lipinski definition) is 4. The van der Waals surface area contributed by atoms with E-state index in [-0.39, 0.29) is 19.1 Å². The van der Waals surface area contributed by atoms with Crippen molar-refractivity contribution in [2.45, 2.75) is 46.1 Å². The number of carbonyl (C=O) groups is 1. The fraction of sp³-hybridized carbons (Fsp3) is 0.391. The number of aryl methyl sites for hydroxylation is 1. The van der Waals surface area contributed by atoms with Crippen molar-refractivity contribution in [1.82, 2.24) is 15.3 Å². The Hall–Kier alpha value is -2.86. The minimum absolute atomic E-state index is 0.0978. The van der Waals surface area contributed by atoms with E-state index in [1.165, 1.54) is 5.56 Å². The number of carbonyl (C=O) groups excluding carboxylic acids is 1. The molecule has 0 unspecified atom stereocenters. The Morgan fingerprint density at radius 2 is 2.03 bits per heavy atom. The van der Waals surface area contributed by atoms with E-state index in [0.717, 1.165) is 27.9 Å². The van der Waals surface area contributed by atoms with E-state index < -0.39 is 5.60 Å². The highest BCUT2D eigenvalue weighted by Gasteiger charge is 2.18. The van der Waals surface area contributed by atoms with Gasteiger partial charge in [-0.3, -0.25) is 9.78 Å². The molecule has 0 atom stereocenters. The highest BCUT2D eigenvalue weighted by atomic mass is 16.5. The Morgan fingerprint density at radius 1 is 1.28 bits per heavy atom. The monoisotopic (exact) mass is 395 g/mol. The van der Waals surface area contributed by atoms with Crippen molar-refractivity contribution in [1.29, 1.82) is 0 Å². The number of aromatic amines is 1. The van der Waals surface area contributed by atoms with E-state index in [1.807, 2.05) is 37.4 Å². The number of H-pyrrole nitrogens is 1. The van der Waals surface area contributed by atoms with Gasteiger partial charge in [-0.05, 0) is 62.6 Å². The summed E-state index contributed by atoms with van der Waals surface area (Å²) < 4.78 is 5.69. The second kappa shape index (κ2) is 8.25. The van der Waals surface area contributed by atoms with Crippen LogP contribution in [-0.2, 0) is 4.79 Å². The number of aromatic nitrogens is 2. The molecule has 1 amide bonds. The molecule has 29 heavy (non-hydrogen) atoms. The molecule has 2 aromatic heterocycles. The summed E-state index contributed by atoms with van der Waals surface area (Å²) in [6.07, 6.45) is 1.82. The van der Waals surface area contributed by atoms with E-state index >= 15 is 0 Å². The first-order valence-electron chi connectivity index (χ1n) is 9.84. The molecule has 3 N–H and O–H groups in total. The van der Waals surface area contributed by atoms with Crippen molar-refractivity contribution >= 4 is 16.8 Å². The van der Waals surface area contributed by atoms with Crippen molar-refractivity contribution in [2.75, 3.05) is 13.2 Å². The maximum atomic E-state index is 12.0. The Labute approximate surface area is 171 Å². The lowest BCUT2D eigenvalue weighted by Gasteiger charge is -2.17. The predicted molar refractivity (Wildman–Crippen MR) is 115 cm³/mol. The van der Waals surface area contributed by atoms with Gasteiger partial charge in [0.05, 0.1) is 11.3 Å². The van der Waals surface area contributed by atoms with Gasteiger partial charge in [-0.2, -0.15) is 0 Å². The number of amides is 1. The van der Waals surface area contributed by atoms with Crippen LogP contribution in [0.25, 0.3) is 22.2 Å². The molecule has 0 aliphatic heterocycles. The molecule has 3 aromatic rings. The number of ether oxygens (including phenoxy) is 1. The normalized spacial score (nSPS) is 11.8. The van der Waals surface area contributed by atoms with Crippen LogP contribution in [-0.4, -0.2) is 39.7 Å². The van der Waals surface area contributed by atoms with Gasteiger partial charge in [-0.15, -0.1) is 0 Å². The first-order chi connectivity index (χ1) is 13.6. The molecule has 2 heterocycles. The second-order valence-corrected chi connectivity index (χ2v) is 8.34. The van der Waals surface area contributed by atoms with Crippen LogP contribution in [0.3, 0.4) is 0 Å². The third kappa shape index (κ3) is 5.15. The number of fused-ring (bicyclic) bond motifs is 1. The minimum Gasteiger partial charge on any atom is -0.484 e. The number of pyridine rings is 1. The lowest BCUT2D eigenvalue weighted by Crippen LogP contribution is -2.40. The van der Waals surface area contributed by atoms with Gasteiger partial charge in [0.25, 0.3) is 5.91 Å². The lowest BCUT2D eigenvalue weighted by atomic mass is 9.96. The van der Waals surface area contributed by atoms with E-state index in [2.05, 4.69) is 35.2 Å². The second-order valence-electron chi connectivity index (χ2n) is 8.34. The van der Waals surface area contributed by atoms with Gasteiger partial charge in [0, 0.05) is 34.9 Å². The van der Waals surface area contributed by atoms with Crippen molar-refractivity contribution in [3.8, 4) is 17.0 Å². The average molecular weight is 396 g/mol. The van der Waals surface area contributed by atoms with Crippen molar-refractivity contribution in [2.24, 2.45) is 0 Å². The van der Waals surface area contributed by atoms with Crippen LogP contribution < -0.4 is 10.1 Å². The smallest absolute Gasteiger partial charge is 0.258 e. The van der Waals surface area contributed by atoms with Gasteiger partial charge < -0.3 is 20.1 Å². The third-order valence-electron chi connectivity index (χ3n) is 4.66. The van der Waals surface area contributed by atoms with Gasteiger partial charge >= 0.3 is 0 Å². The topological polar surface area (TPSA) is 87.2 Å². The van der Waals surface area contributed by atoms with Gasteiger partial charge in [0.15, 0.2) is 6.61 Å². The van der Waals surface area contributed by atoms with Gasteiger partial charge in [-0.25, -0.2) is 0 Å². The molecule has 0 bridgehead atoms. The molecule has 0 radical (unpaired) electrons. The summed E-state index contributed by atoms with van der Waals surface area (Å²) in [7, 11) is 0. The van der Waals surface area contributed by atoms with Crippen LogP contribution in [0.5, 0.6) is 5.75 Å². The zero-order chi connectivity index (χ0) is 21.2. The Balaban J connectivity index is 1.85. The molecule has 3 rings (SSSR count). The van der Waals surface area contributed by atoms with E-state index in [1.54, 1.807) is 13.8 Å². The molecular weight excluding hydrogens is 366 g/mol. The van der Waals surface area contributed by atoms with Crippen LogP contribution in [0.4, 0.5) is 0 Å². The van der Waals surface area contributed by atoms with Gasteiger partial charge in [0.2, 0.25) is 0 Å². The predicted octanol–water partition coefficient (Wildman–Crippen LogP) is 3.93. The summed E-state index contributed by atoms with van der Waals surface area (Å²) in [4.78, 5) is 19.8. The molecule has 6 heteroatoms. The maximum Gasteiger partial charge on any atom is 0.258 e. The molecule has 0 aliphatic rings. The van der Waals surface area contributed by atoms with Gasteiger partial charge in [0.1, 0.15) is 5.75 Å². The summed E-state index contributed by atoms with van der Waals surface area (Å²) in [5.74, 6) is 0.671. The van der Waals surface area contributed by atoms with E-state index in [9.17, 15) is 9.90 Å². The fourth-order valence-corrected chi connectivity index (χ4v) is 3.32. The highest BCUT2D eigenvalue weighted by Crippen LogP contribution is 2.37. The molecule has 1 aromatic carbocycles. The zero-order valence-electron chi connectivity index (χ0n) is 17.7. The summed E-state index contributed by atoms with van der Waals surface area (Å²) in [5, 5.41) is 13.4. The van der Waals surface area contributed by atoms with Crippen LogP contribution in [0.15, 0.2) is 36.5 Å². The zero-order valence-corrected chi connectivity index (χ0v) is 17.7. The van der Waals surface area contributed by atoms with Crippen molar-refractivity contribution in [3.63, 3.8) is 0 Å². The Kier molecular flexibility index (Phi) is 5.94. The summed E-state index contributed by atoms with van der Waals surface area (Å²) in [6, 6.07) is 9.88. The van der Waals surface area contributed by atoms with Crippen LogP contribution in [0, 0.1) is 6.92 Å². The molecule has 0 spiro atoms. The molecule has 154 valence electrons. The van der Waals surface area contributed by atoms with Crippen LogP contribution in [0.2, 0.25) is 0 Å². The number of nitrogens with one attached hydrogen (secondary N) is 2. The summed E-state index contributed by atoms with van der Waals surface area (Å²) >= 11 is 0. The van der Waals surface area contributed by atoms with Crippen molar-refractivity contribution in [3.05, 3.63) is 47.8 Å². The highest BCUT2D eigenvalue weighted by molar-refractivity contribution is 5.92. The summed E-state index contributed by atoms with van der Waals surface area (Å²) in [5.41, 5.74) is 4.44. The first kappa shape index (κ1) is 20.9. The number of aliphatic hydroxyl groups is 1. The molecule has 6 nitrogen and oxygen atoms in total. The molecule has 0 fully saturated rings. The Morgan fingerprint density at radius 3 is 2.69 bits per heavy atom. The fourth-order valence-electron chi connectivity index (χ4n) is 3.32. The van der Waals surface area contributed by atoms with E-state index in [4.69, 9.17) is 4.74 Å². The van der Waals surface area contributed by atoms with Gasteiger partial charge in [-0.1, -0.05) is 13.8 Å². The van der Waals surface area contributed by atoms with Crippen molar-refractivity contribution < 1.29 is 14.6 Å². The average Bonchev–Trinajstić information content (AvgIpc) is 3.03. The Bertz CT molecular complexity index is 1020. The summed E-state index contributed by atoms with van der Waals surface area (Å²) in [6.45, 7) is 9.68. The first-order valence-corrected chi connectivity index (χ1v) is 9.84. The standard InChI is InChI=1S/C23H29N3O3/c1-14(2)21-18-11-17(29-12-20(27)25-13-23(4,5)28)6-7-19(18)26-22(21)16-8-9-24-15(3)10-16/h6-11,14,26,28H,12-13H2,1-5H3,(H,25,27). The molecule has 0 aliphatic carbocycles. The van der Waals surface area contributed by atoms with Crippen LogP contribution in [0.1, 0.15) is 44.9 Å². The number of benzene rings is 1. The largest absolute Gasteiger partial charge is 0.484 e.